The maximum atomic E-state index is 11.3. The third-order valence-electron chi connectivity index (χ3n) is 3.30. The van der Waals surface area contributed by atoms with Crippen LogP contribution in [0.25, 0.3) is 0 Å². The molecule has 100 valence electrons. The Bertz CT molecular complexity index is 407. The Balaban J connectivity index is 1.82. The molecule has 0 aliphatic carbocycles. The van der Waals surface area contributed by atoms with Crippen molar-refractivity contribution in [2.75, 3.05) is 19.6 Å². The molecule has 3 N–H and O–H groups in total. The first-order valence-electron chi connectivity index (χ1n) is 6.36. The largest absolute Gasteiger partial charge is 0.303 e. The zero-order valence-corrected chi connectivity index (χ0v) is 11.5. The first-order chi connectivity index (χ1) is 8.69. The highest BCUT2D eigenvalue weighted by Crippen LogP contribution is 2.17. The van der Waals surface area contributed by atoms with Crippen LogP contribution in [0.2, 0.25) is 0 Å². The van der Waals surface area contributed by atoms with Crippen molar-refractivity contribution in [3.8, 4) is 0 Å². The number of aromatic nitrogens is 1. The molecule has 1 saturated heterocycles. The van der Waals surface area contributed by atoms with Gasteiger partial charge in [-0.05, 0) is 25.3 Å². The van der Waals surface area contributed by atoms with Crippen molar-refractivity contribution in [2.24, 2.45) is 11.8 Å². The van der Waals surface area contributed by atoms with Gasteiger partial charge in [0.25, 0.3) is 5.91 Å². The van der Waals surface area contributed by atoms with Crippen molar-refractivity contribution in [3.63, 3.8) is 0 Å². The van der Waals surface area contributed by atoms with Crippen LogP contribution in [0.1, 0.15) is 35.3 Å². The van der Waals surface area contributed by atoms with Gasteiger partial charge in [-0.25, -0.2) is 10.8 Å². The minimum Gasteiger partial charge on any atom is -0.303 e. The van der Waals surface area contributed by atoms with E-state index in [9.17, 15) is 4.79 Å². The zero-order valence-electron chi connectivity index (χ0n) is 10.7. The molecule has 1 aromatic heterocycles. The summed E-state index contributed by atoms with van der Waals surface area (Å²) < 4.78 is 0. The number of nitrogens with zero attached hydrogens (tertiary/aromatic N) is 2. The summed E-state index contributed by atoms with van der Waals surface area (Å²) in [5, 5.41) is 2.77. The van der Waals surface area contributed by atoms with Crippen molar-refractivity contribution in [2.45, 2.75) is 26.2 Å². The van der Waals surface area contributed by atoms with Crippen LogP contribution < -0.4 is 11.3 Å². The fourth-order valence-corrected chi connectivity index (χ4v) is 3.12. The van der Waals surface area contributed by atoms with E-state index in [1.54, 1.807) is 5.38 Å². The number of hydrogen-bond donors (Lipinski definition) is 2. The van der Waals surface area contributed by atoms with Crippen molar-refractivity contribution >= 4 is 17.2 Å². The quantitative estimate of drug-likeness (QED) is 0.486. The average molecular weight is 268 g/mol. The van der Waals surface area contributed by atoms with Gasteiger partial charge in [-0.15, -0.1) is 11.3 Å². The SMILES string of the molecule is CC1CCCN(CCc2nc(C(=O)NN)cs2)C1. The highest BCUT2D eigenvalue weighted by atomic mass is 32.1. The zero-order chi connectivity index (χ0) is 13.0. The lowest BCUT2D eigenvalue weighted by atomic mass is 10.0. The van der Waals surface area contributed by atoms with E-state index in [0.29, 0.717) is 5.69 Å². The van der Waals surface area contributed by atoms with Gasteiger partial charge >= 0.3 is 0 Å². The molecule has 0 saturated carbocycles. The molecule has 1 fully saturated rings. The minimum absolute atomic E-state index is 0.316. The van der Waals surface area contributed by atoms with Gasteiger partial charge in [-0.3, -0.25) is 10.2 Å². The summed E-state index contributed by atoms with van der Waals surface area (Å²) in [6.45, 7) is 5.70. The van der Waals surface area contributed by atoms with Crippen LogP contribution in [0.15, 0.2) is 5.38 Å². The number of nitrogen functional groups attached to an aromatic ring is 1. The number of carbonyl (C=O) groups excluding carboxylic acids is 1. The molecule has 1 atom stereocenters. The third-order valence-corrected chi connectivity index (χ3v) is 4.21. The summed E-state index contributed by atoms with van der Waals surface area (Å²) in [5.74, 6) is 5.56. The summed E-state index contributed by atoms with van der Waals surface area (Å²) in [6.07, 6.45) is 3.55. The van der Waals surface area contributed by atoms with Crippen LogP contribution in [0, 0.1) is 5.92 Å². The molecule has 0 radical (unpaired) electrons. The van der Waals surface area contributed by atoms with E-state index in [-0.39, 0.29) is 5.91 Å². The van der Waals surface area contributed by atoms with Crippen LogP contribution in [0.5, 0.6) is 0 Å². The number of piperidine rings is 1. The summed E-state index contributed by atoms with van der Waals surface area (Å²) >= 11 is 1.53. The highest BCUT2D eigenvalue weighted by molar-refractivity contribution is 7.09. The molecule has 1 aromatic rings. The predicted octanol–water partition coefficient (Wildman–Crippen LogP) is 1.02. The number of rotatable bonds is 4. The summed E-state index contributed by atoms with van der Waals surface area (Å²) in [7, 11) is 0. The minimum atomic E-state index is -0.316. The van der Waals surface area contributed by atoms with Crippen LogP contribution in [0.4, 0.5) is 0 Å². The van der Waals surface area contributed by atoms with Gasteiger partial charge in [-0.1, -0.05) is 6.92 Å². The van der Waals surface area contributed by atoms with E-state index in [4.69, 9.17) is 5.84 Å². The molecule has 0 aromatic carbocycles. The molecular formula is C12H20N4OS. The molecule has 1 aliphatic rings. The number of thiazole rings is 1. The van der Waals surface area contributed by atoms with Crippen molar-refractivity contribution in [1.82, 2.24) is 15.3 Å². The molecular weight excluding hydrogens is 248 g/mol. The molecule has 0 spiro atoms. The van der Waals surface area contributed by atoms with E-state index in [2.05, 4.69) is 22.2 Å². The molecule has 0 bridgehead atoms. The van der Waals surface area contributed by atoms with Gasteiger partial charge in [0.1, 0.15) is 5.69 Å². The second-order valence-corrected chi connectivity index (χ2v) is 5.84. The molecule has 1 aliphatic heterocycles. The molecule has 2 heterocycles. The fourth-order valence-electron chi connectivity index (χ4n) is 2.35. The Kier molecular flexibility index (Phi) is 4.68. The molecule has 2 rings (SSSR count). The van der Waals surface area contributed by atoms with Crippen LogP contribution >= 0.6 is 11.3 Å². The number of carbonyl (C=O) groups is 1. The Morgan fingerprint density at radius 3 is 3.28 bits per heavy atom. The number of nitrogens with two attached hydrogens (primary N) is 1. The summed E-state index contributed by atoms with van der Waals surface area (Å²) in [4.78, 5) is 18.0. The smallest absolute Gasteiger partial charge is 0.284 e. The van der Waals surface area contributed by atoms with Gasteiger partial charge < -0.3 is 4.90 Å². The normalized spacial score (nSPS) is 20.9. The topological polar surface area (TPSA) is 71.2 Å². The number of nitrogens with one attached hydrogen (secondary N) is 1. The van der Waals surface area contributed by atoms with Crippen molar-refractivity contribution < 1.29 is 4.79 Å². The van der Waals surface area contributed by atoms with Gasteiger partial charge in [0.2, 0.25) is 0 Å². The highest BCUT2D eigenvalue weighted by Gasteiger charge is 2.16. The van der Waals surface area contributed by atoms with E-state index < -0.39 is 0 Å². The number of hydrogen-bond acceptors (Lipinski definition) is 5. The number of hydrazine groups is 1. The maximum Gasteiger partial charge on any atom is 0.284 e. The van der Waals surface area contributed by atoms with Crippen LogP contribution in [0.3, 0.4) is 0 Å². The standard InChI is InChI=1S/C12H20N4OS/c1-9-3-2-5-16(7-9)6-4-11-14-10(8-18-11)12(17)15-13/h8-9H,2-7,13H2,1H3,(H,15,17). The second-order valence-electron chi connectivity index (χ2n) is 4.90. The van der Waals surface area contributed by atoms with Crippen LogP contribution in [-0.4, -0.2) is 35.4 Å². The second kappa shape index (κ2) is 6.26. The maximum absolute atomic E-state index is 11.3. The van der Waals surface area contributed by atoms with Crippen molar-refractivity contribution in [3.05, 3.63) is 16.1 Å². The van der Waals surface area contributed by atoms with Gasteiger partial charge in [0.15, 0.2) is 0 Å². The number of likely N-dealkylation sites (tertiary alicyclic amines) is 1. The molecule has 6 heteroatoms. The monoisotopic (exact) mass is 268 g/mol. The lowest BCUT2D eigenvalue weighted by Crippen LogP contribution is -2.35. The van der Waals surface area contributed by atoms with Gasteiger partial charge in [0.05, 0.1) is 5.01 Å². The van der Waals surface area contributed by atoms with Crippen molar-refractivity contribution in [1.29, 1.82) is 0 Å². The molecule has 18 heavy (non-hydrogen) atoms. The summed E-state index contributed by atoms with van der Waals surface area (Å²) in [5.41, 5.74) is 2.52. The fraction of sp³-hybridized carbons (Fsp3) is 0.667. The van der Waals surface area contributed by atoms with Gasteiger partial charge in [0, 0.05) is 24.9 Å². The number of amides is 1. The Hall–Kier alpha value is -0.980. The van der Waals surface area contributed by atoms with Gasteiger partial charge in [-0.2, -0.15) is 0 Å². The lowest BCUT2D eigenvalue weighted by molar-refractivity contribution is 0.0949. The molecule has 1 amide bonds. The van der Waals surface area contributed by atoms with E-state index in [1.807, 2.05) is 0 Å². The van der Waals surface area contributed by atoms with E-state index >= 15 is 0 Å². The first-order valence-corrected chi connectivity index (χ1v) is 7.24. The van der Waals surface area contributed by atoms with Crippen LogP contribution in [-0.2, 0) is 6.42 Å². The van der Waals surface area contributed by atoms with E-state index in [1.165, 1.54) is 37.3 Å². The molecule has 1 unspecified atom stereocenters. The Morgan fingerprint density at radius 1 is 1.72 bits per heavy atom. The lowest BCUT2D eigenvalue weighted by Gasteiger charge is -2.30. The third kappa shape index (κ3) is 3.51. The predicted molar refractivity (Wildman–Crippen MR) is 72.3 cm³/mol. The summed E-state index contributed by atoms with van der Waals surface area (Å²) in [6, 6.07) is 0. The average Bonchev–Trinajstić information content (AvgIpc) is 2.84. The first kappa shape index (κ1) is 13.5. The Morgan fingerprint density at radius 2 is 2.56 bits per heavy atom. The Labute approximate surface area is 111 Å². The molecule has 5 nitrogen and oxygen atoms in total. The van der Waals surface area contributed by atoms with E-state index in [0.717, 1.165) is 23.9 Å².